The second-order valence-corrected chi connectivity index (χ2v) is 4.96. The predicted molar refractivity (Wildman–Crippen MR) is 77.9 cm³/mol. The average Bonchev–Trinajstić information content (AvgIpc) is 2.40. The highest BCUT2D eigenvalue weighted by molar-refractivity contribution is 6.30. The molecule has 0 fully saturated rings. The minimum atomic E-state index is -0.0852. The Balaban J connectivity index is 2.17. The van der Waals surface area contributed by atoms with Gasteiger partial charge in [0.1, 0.15) is 0 Å². The maximum Gasteiger partial charge on any atom is 0.0551 e. The number of halogens is 1. The Morgan fingerprint density at radius 1 is 0.944 bits per heavy atom. The van der Waals surface area contributed by atoms with Crippen molar-refractivity contribution in [1.29, 1.82) is 0 Å². The third kappa shape index (κ3) is 3.12. The van der Waals surface area contributed by atoms with E-state index in [1.54, 1.807) is 0 Å². The van der Waals surface area contributed by atoms with Crippen LogP contribution in [0.15, 0.2) is 48.5 Å². The molecule has 0 heterocycles. The minimum absolute atomic E-state index is 0.0852. The average molecular weight is 260 g/mol. The highest BCUT2D eigenvalue weighted by Gasteiger charge is 2.08. The highest BCUT2D eigenvalue weighted by atomic mass is 35.5. The molecule has 94 valence electrons. The van der Waals surface area contributed by atoms with Crippen LogP contribution in [-0.2, 0) is 6.42 Å². The third-order valence-corrected chi connectivity index (χ3v) is 3.36. The molecule has 0 bridgehead atoms. The number of nitrogens with two attached hydrogens (primary N) is 1. The molecule has 0 saturated carbocycles. The van der Waals surface area contributed by atoms with E-state index in [9.17, 15) is 0 Å². The molecule has 0 aliphatic heterocycles. The second-order valence-electron chi connectivity index (χ2n) is 4.52. The second kappa shape index (κ2) is 6.03. The molecular weight excluding hydrogens is 242 g/mol. The van der Waals surface area contributed by atoms with Crippen molar-refractivity contribution in [3.63, 3.8) is 0 Å². The van der Waals surface area contributed by atoms with E-state index in [-0.39, 0.29) is 6.04 Å². The van der Waals surface area contributed by atoms with Crippen molar-refractivity contribution in [2.75, 3.05) is 0 Å². The molecule has 0 aliphatic carbocycles. The molecule has 2 aromatic carbocycles. The van der Waals surface area contributed by atoms with Gasteiger partial charge in [-0.15, -0.1) is 0 Å². The lowest BCUT2D eigenvalue weighted by atomic mass is 9.98. The van der Waals surface area contributed by atoms with Crippen molar-refractivity contribution in [3.8, 4) is 0 Å². The Morgan fingerprint density at radius 3 is 1.94 bits per heavy atom. The Labute approximate surface area is 114 Å². The normalized spacial score (nSPS) is 12.4. The summed E-state index contributed by atoms with van der Waals surface area (Å²) in [6, 6.07) is 16.2. The molecule has 0 radical (unpaired) electrons. The maximum absolute atomic E-state index is 6.25. The molecule has 0 aromatic heterocycles. The molecule has 2 N–H and O–H groups in total. The van der Waals surface area contributed by atoms with Crippen LogP contribution in [-0.4, -0.2) is 0 Å². The van der Waals surface area contributed by atoms with Crippen molar-refractivity contribution in [2.45, 2.75) is 25.8 Å². The Kier molecular flexibility index (Phi) is 4.40. The summed E-state index contributed by atoms with van der Waals surface area (Å²) in [7, 11) is 0. The molecular formula is C16H18ClN. The summed E-state index contributed by atoms with van der Waals surface area (Å²) >= 11 is 5.88. The standard InChI is InChI=1S/C16H18ClN/c1-2-3-12-4-6-13(7-5-12)16(18)14-8-10-15(17)11-9-14/h4-11,16H,2-3,18H2,1H3. The zero-order valence-corrected chi connectivity index (χ0v) is 11.3. The van der Waals surface area contributed by atoms with Crippen molar-refractivity contribution in [3.05, 3.63) is 70.2 Å². The molecule has 0 amide bonds. The van der Waals surface area contributed by atoms with E-state index in [0.29, 0.717) is 0 Å². The summed E-state index contributed by atoms with van der Waals surface area (Å²) in [6.07, 6.45) is 2.29. The van der Waals surface area contributed by atoms with E-state index in [1.807, 2.05) is 24.3 Å². The van der Waals surface area contributed by atoms with E-state index in [1.165, 1.54) is 12.0 Å². The van der Waals surface area contributed by atoms with Gasteiger partial charge < -0.3 is 5.73 Å². The molecule has 0 spiro atoms. The highest BCUT2D eigenvalue weighted by Crippen LogP contribution is 2.21. The van der Waals surface area contributed by atoms with Crippen LogP contribution in [0.2, 0.25) is 5.02 Å². The van der Waals surface area contributed by atoms with Gasteiger partial charge in [0.25, 0.3) is 0 Å². The fourth-order valence-corrected chi connectivity index (χ4v) is 2.17. The summed E-state index contributed by atoms with van der Waals surface area (Å²) in [5.41, 5.74) is 9.83. The van der Waals surface area contributed by atoms with Crippen LogP contribution in [0.5, 0.6) is 0 Å². The molecule has 2 rings (SSSR count). The van der Waals surface area contributed by atoms with Gasteiger partial charge in [0.15, 0.2) is 0 Å². The fourth-order valence-electron chi connectivity index (χ4n) is 2.04. The summed E-state index contributed by atoms with van der Waals surface area (Å²) in [5, 5.41) is 0.740. The largest absolute Gasteiger partial charge is 0.320 e. The van der Waals surface area contributed by atoms with Gasteiger partial charge in [-0.25, -0.2) is 0 Å². The van der Waals surface area contributed by atoms with Crippen molar-refractivity contribution >= 4 is 11.6 Å². The Hall–Kier alpha value is -1.31. The zero-order valence-electron chi connectivity index (χ0n) is 10.6. The van der Waals surface area contributed by atoms with E-state index in [0.717, 1.165) is 22.6 Å². The topological polar surface area (TPSA) is 26.0 Å². The summed E-state index contributed by atoms with van der Waals surface area (Å²) in [4.78, 5) is 0. The van der Waals surface area contributed by atoms with Gasteiger partial charge in [0, 0.05) is 5.02 Å². The first-order valence-corrected chi connectivity index (χ1v) is 6.68. The summed E-state index contributed by atoms with van der Waals surface area (Å²) in [5.74, 6) is 0. The molecule has 0 saturated heterocycles. The van der Waals surface area contributed by atoms with E-state index in [4.69, 9.17) is 17.3 Å². The van der Waals surface area contributed by atoms with Crippen molar-refractivity contribution < 1.29 is 0 Å². The number of benzene rings is 2. The smallest absolute Gasteiger partial charge is 0.0551 e. The summed E-state index contributed by atoms with van der Waals surface area (Å²) in [6.45, 7) is 2.19. The quantitative estimate of drug-likeness (QED) is 0.868. The van der Waals surface area contributed by atoms with Crippen LogP contribution in [0, 0.1) is 0 Å². The first-order chi connectivity index (χ1) is 8.70. The van der Waals surface area contributed by atoms with Gasteiger partial charge in [-0.1, -0.05) is 61.3 Å². The fraction of sp³-hybridized carbons (Fsp3) is 0.250. The van der Waals surface area contributed by atoms with Crippen LogP contribution in [0.3, 0.4) is 0 Å². The SMILES string of the molecule is CCCc1ccc(C(N)c2ccc(Cl)cc2)cc1. The monoisotopic (exact) mass is 259 g/mol. The van der Waals surface area contributed by atoms with Crippen molar-refractivity contribution in [2.24, 2.45) is 5.73 Å². The van der Waals surface area contributed by atoms with Crippen LogP contribution in [0.1, 0.15) is 36.1 Å². The lowest BCUT2D eigenvalue weighted by Crippen LogP contribution is -2.11. The van der Waals surface area contributed by atoms with E-state index >= 15 is 0 Å². The number of rotatable bonds is 4. The van der Waals surface area contributed by atoms with Crippen LogP contribution < -0.4 is 5.73 Å². The first-order valence-electron chi connectivity index (χ1n) is 6.30. The Morgan fingerprint density at radius 2 is 1.44 bits per heavy atom. The van der Waals surface area contributed by atoms with Gasteiger partial charge in [0.2, 0.25) is 0 Å². The van der Waals surface area contributed by atoms with Crippen molar-refractivity contribution in [1.82, 2.24) is 0 Å². The Bertz CT molecular complexity index is 488. The molecule has 18 heavy (non-hydrogen) atoms. The van der Waals surface area contributed by atoms with E-state index < -0.39 is 0 Å². The van der Waals surface area contributed by atoms with E-state index in [2.05, 4.69) is 31.2 Å². The van der Waals surface area contributed by atoms with Crippen LogP contribution >= 0.6 is 11.6 Å². The molecule has 1 atom stereocenters. The van der Waals surface area contributed by atoms with Gasteiger partial charge in [-0.3, -0.25) is 0 Å². The lowest BCUT2D eigenvalue weighted by molar-refractivity contribution is 0.865. The number of aryl methyl sites for hydroxylation is 1. The molecule has 1 nitrogen and oxygen atoms in total. The first kappa shape index (κ1) is 13.1. The van der Waals surface area contributed by atoms with Gasteiger partial charge in [-0.2, -0.15) is 0 Å². The van der Waals surface area contributed by atoms with Crippen LogP contribution in [0.4, 0.5) is 0 Å². The molecule has 2 aromatic rings. The molecule has 1 unspecified atom stereocenters. The van der Waals surface area contributed by atoms with Crippen LogP contribution in [0.25, 0.3) is 0 Å². The van der Waals surface area contributed by atoms with Gasteiger partial charge in [0.05, 0.1) is 6.04 Å². The molecule has 0 aliphatic rings. The summed E-state index contributed by atoms with van der Waals surface area (Å²) < 4.78 is 0. The molecule has 2 heteroatoms. The lowest BCUT2D eigenvalue weighted by Gasteiger charge is -2.13. The van der Waals surface area contributed by atoms with Gasteiger partial charge in [-0.05, 0) is 35.2 Å². The minimum Gasteiger partial charge on any atom is -0.320 e. The maximum atomic E-state index is 6.25. The predicted octanol–water partition coefficient (Wildman–Crippen LogP) is 4.34. The number of hydrogen-bond donors (Lipinski definition) is 1. The third-order valence-electron chi connectivity index (χ3n) is 3.11. The zero-order chi connectivity index (χ0) is 13.0. The number of hydrogen-bond acceptors (Lipinski definition) is 1. The van der Waals surface area contributed by atoms with Gasteiger partial charge >= 0.3 is 0 Å².